The molecule has 1 atom stereocenters. The lowest BCUT2D eigenvalue weighted by molar-refractivity contribution is 0.698. The van der Waals surface area contributed by atoms with Gasteiger partial charge in [0.1, 0.15) is 0 Å². The first-order valence-corrected chi connectivity index (χ1v) is 9.96. The van der Waals surface area contributed by atoms with Gasteiger partial charge in [-0.3, -0.25) is 4.99 Å². The molecule has 6 nitrogen and oxygen atoms in total. The molecular weight excluding hydrogens is 487 g/mol. The van der Waals surface area contributed by atoms with Crippen LogP contribution in [0.25, 0.3) is 5.82 Å². The second-order valence-corrected chi connectivity index (χ2v) is 7.49. The number of guanidine groups is 1. The third kappa shape index (κ3) is 6.29. The number of nitrogens with zero attached hydrogens (tertiary/aromatic N) is 4. The van der Waals surface area contributed by atoms with Crippen LogP contribution < -0.4 is 10.6 Å². The first-order valence-electron chi connectivity index (χ1n) is 9.96. The lowest BCUT2D eigenvalue weighted by Gasteiger charge is -2.17. The number of aliphatic imine (C=N–C) groups is 1. The zero-order chi connectivity index (χ0) is 20.8. The molecular formula is C23H31IN6. The van der Waals surface area contributed by atoms with Gasteiger partial charge in [0, 0.05) is 32.0 Å². The van der Waals surface area contributed by atoms with Crippen molar-refractivity contribution in [3.63, 3.8) is 0 Å². The molecule has 30 heavy (non-hydrogen) atoms. The molecule has 3 aromatic rings. The van der Waals surface area contributed by atoms with Gasteiger partial charge in [-0.15, -0.1) is 24.0 Å². The smallest absolute Gasteiger partial charge is 0.191 e. The number of benzene rings is 1. The van der Waals surface area contributed by atoms with Crippen LogP contribution in [0.3, 0.4) is 0 Å². The van der Waals surface area contributed by atoms with Gasteiger partial charge in [0.25, 0.3) is 0 Å². The average Bonchev–Trinajstić information content (AvgIpc) is 3.06. The normalized spacial score (nSPS) is 12.2. The molecule has 3 rings (SSSR count). The average molecular weight is 518 g/mol. The van der Waals surface area contributed by atoms with E-state index in [2.05, 4.69) is 69.9 Å². The number of halogens is 1. The summed E-state index contributed by atoms with van der Waals surface area (Å²) >= 11 is 0. The maximum absolute atomic E-state index is 4.55. The number of aromatic nitrogens is 3. The molecule has 2 aromatic heterocycles. The molecule has 0 radical (unpaired) electrons. The second-order valence-electron chi connectivity index (χ2n) is 7.49. The van der Waals surface area contributed by atoms with E-state index in [0.717, 1.165) is 35.3 Å². The third-order valence-corrected chi connectivity index (χ3v) is 4.91. The second kappa shape index (κ2) is 11.1. The molecule has 160 valence electrons. The maximum Gasteiger partial charge on any atom is 0.191 e. The molecule has 0 aliphatic carbocycles. The van der Waals surface area contributed by atoms with Crippen LogP contribution in [0.1, 0.15) is 40.9 Å². The van der Waals surface area contributed by atoms with Crippen LogP contribution in [0.5, 0.6) is 0 Å². The van der Waals surface area contributed by atoms with E-state index in [0.29, 0.717) is 12.5 Å². The van der Waals surface area contributed by atoms with Crippen molar-refractivity contribution in [3.05, 3.63) is 76.7 Å². The molecule has 0 aliphatic rings. The third-order valence-electron chi connectivity index (χ3n) is 4.91. The van der Waals surface area contributed by atoms with Gasteiger partial charge in [0.05, 0.1) is 5.69 Å². The van der Waals surface area contributed by atoms with Crippen molar-refractivity contribution < 1.29 is 0 Å². The van der Waals surface area contributed by atoms with E-state index in [1.165, 1.54) is 11.1 Å². The van der Waals surface area contributed by atoms with Crippen molar-refractivity contribution in [3.8, 4) is 5.82 Å². The highest BCUT2D eigenvalue weighted by molar-refractivity contribution is 14.0. The summed E-state index contributed by atoms with van der Waals surface area (Å²) in [6.07, 6.45) is 1.88. The van der Waals surface area contributed by atoms with E-state index in [-0.39, 0.29) is 24.0 Å². The predicted octanol–water partition coefficient (Wildman–Crippen LogP) is 4.28. The minimum Gasteiger partial charge on any atom is -0.356 e. The number of hydrogen-bond donors (Lipinski definition) is 2. The van der Waals surface area contributed by atoms with Crippen molar-refractivity contribution in [2.75, 3.05) is 13.6 Å². The fourth-order valence-corrected chi connectivity index (χ4v) is 3.26. The summed E-state index contributed by atoms with van der Waals surface area (Å²) in [7, 11) is 1.79. The molecule has 0 spiro atoms. The van der Waals surface area contributed by atoms with Gasteiger partial charge in [-0.05, 0) is 49.9 Å². The number of hydrogen-bond acceptors (Lipinski definition) is 3. The minimum atomic E-state index is 0. The number of aryl methyl sites for hydroxylation is 3. The Morgan fingerprint density at radius 1 is 1.10 bits per heavy atom. The first-order chi connectivity index (χ1) is 14.0. The standard InChI is InChI=1S/C23H30N6.HI/c1-16-7-6-8-21(11-16)17(2)13-26-23(24-5)27-15-20-9-10-22(25-14-20)29-19(4)12-18(3)28-29;/h6-12,14,17H,13,15H2,1-5H3,(H2,24,26,27);1H. The van der Waals surface area contributed by atoms with Gasteiger partial charge in [0.15, 0.2) is 11.8 Å². The fourth-order valence-electron chi connectivity index (χ4n) is 3.26. The Morgan fingerprint density at radius 3 is 2.50 bits per heavy atom. The molecule has 0 saturated heterocycles. The number of pyridine rings is 1. The summed E-state index contributed by atoms with van der Waals surface area (Å²) in [5, 5.41) is 11.2. The summed E-state index contributed by atoms with van der Waals surface area (Å²) in [4.78, 5) is 8.87. The molecule has 0 fully saturated rings. The van der Waals surface area contributed by atoms with E-state index in [1.54, 1.807) is 7.05 Å². The van der Waals surface area contributed by atoms with E-state index in [4.69, 9.17) is 0 Å². The van der Waals surface area contributed by atoms with Crippen LogP contribution >= 0.6 is 24.0 Å². The van der Waals surface area contributed by atoms with Crippen LogP contribution in [-0.2, 0) is 6.54 Å². The lowest BCUT2D eigenvalue weighted by atomic mass is 9.99. The van der Waals surface area contributed by atoms with Gasteiger partial charge in [-0.25, -0.2) is 9.67 Å². The van der Waals surface area contributed by atoms with Crippen LogP contribution in [0.15, 0.2) is 53.7 Å². The van der Waals surface area contributed by atoms with Gasteiger partial charge < -0.3 is 10.6 Å². The largest absolute Gasteiger partial charge is 0.356 e. The SMILES string of the molecule is CN=C(NCc1ccc(-n2nc(C)cc2C)nc1)NCC(C)c1cccc(C)c1.I. The van der Waals surface area contributed by atoms with Crippen molar-refractivity contribution >= 4 is 29.9 Å². The van der Waals surface area contributed by atoms with Gasteiger partial charge in [0.2, 0.25) is 0 Å². The Morgan fingerprint density at radius 2 is 1.90 bits per heavy atom. The predicted molar refractivity (Wildman–Crippen MR) is 134 cm³/mol. The number of nitrogens with one attached hydrogen (secondary N) is 2. The van der Waals surface area contributed by atoms with Crippen LogP contribution in [0.2, 0.25) is 0 Å². The van der Waals surface area contributed by atoms with Gasteiger partial charge >= 0.3 is 0 Å². The monoisotopic (exact) mass is 518 g/mol. The topological polar surface area (TPSA) is 67.1 Å². The highest BCUT2D eigenvalue weighted by atomic mass is 127. The van der Waals surface area contributed by atoms with Gasteiger partial charge in [-0.2, -0.15) is 5.10 Å². The quantitative estimate of drug-likeness (QED) is 0.291. The van der Waals surface area contributed by atoms with Crippen LogP contribution in [0.4, 0.5) is 0 Å². The molecule has 7 heteroatoms. The molecule has 2 heterocycles. The summed E-state index contributed by atoms with van der Waals surface area (Å²) in [5.41, 5.74) is 5.77. The summed E-state index contributed by atoms with van der Waals surface area (Å²) < 4.78 is 1.86. The molecule has 1 aromatic carbocycles. The molecule has 0 saturated carbocycles. The van der Waals surface area contributed by atoms with E-state index >= 15 is 0 Å². The Bertz CT molecular complexity index is 978. The van der Waals surface area contributed by atoms with Crippen LogP contribution in [0, 0.1) is 20.8 Å². The Hall–Kier alpha value is -2.42. The van der Waals surface area contributed by atoms with E-state index in [9.17, 15) is 0 Å². The number of rotatable bonds is 6. The zero-order valence-electron chi connectivity index (χ0n) is 18.3. The highest BCUT2D eigenvalue weighted by Gasteiger charge is 2.08. The van der Waals surface area contributed by atoms with E-state index in [1.807, 2.05) is 36.9 Å². The summed E-state index contributed by atoms with van der Waals surface area (Å²) in [6.45, 7) is 9.83. The molecule has 1 unspecified atom stereocenters. The van der Waals surface area contributed by atoms with Crippen molar-refractivity contribution in [1.29, 1.82) is 0 Å². The Balaban J connectivity index is 0.00000320. The maximum atomic E-state index is 4.55. The van der Waals surface area contributed by atoms with Crippen molar-refractivity contribution in [2.24, 2.45) is 4.99 Å². The molecule has 2 N–H and O–H groups in total. The Kier molecular flexibility index (Phi) is 8.83. The molecule has 0 bridgehead atoms. The molecule has 0 aliphatic heterocycles. The van der Waals surface area contributed by atoms with E-state index < -0.39 is 0 Å². The fraction of sp³-hybridized carbons (Fsp3) is 0.348. The molecule has 0 amide bonds. The van der Waals surface area contributed by atoms with Crippen molar-refractivity contribution in [1.82, 2.24) is 25.4 Å². The Labute approximate surface area is 196 Å². The van der Waals surface area contributed by atoms with Crippen molar-refractivity contribution in [2.45, 2.75) is 40.2 Å². The van der Waals surface area contributed by atoms with Crippen LogP contribution in [-0.4, -0.2) is 34.3 Å². The first kappa shape index (κ1) is 23.9. The summed E-state index contributed by atoms with van der Waals surface area (Å²) in [6, 6.07) is 14.7. The van der Waals surface area contributed by atoms with Gasteiger partial charge in [-0.1, -0.05) is 42.8 Å². The zero-order valence-corrected chi connectivity index (χ0v) is 20.6. The minimum absolute atomic E-state index is 0. The highest BCUT2D eigenvalue weighted by Crippen LogP contribution is 2.15. The summed E-state index contributed by atoms with van der Waals surface area (Å²) in [5.74, 6) is 2.01. The lowest BCUT2D eigenvalue weighted by Crippen LogP contribution is -2.38.